The van der Waals surface area contributed by atoms with E-state index in [4.69, 9.17) is 0 Å². The highest BCUT2D eigenvalue weighted by Gasteiger charge is 2.23. The fraction of sp³-hybridized carbons (Fsp3) is 0.688. The Kier molecular flexibility index (Phi) is 8.97. The van der Waals surface area contributed by atoms with Gasteiger partial charge in [0.1, 0.15) is 0 Å². The zero-order valence-electron chi connectivity index (χ0n) is 12.8. The third-order valence-corrected chi connectivity index (χ3v) is 4.86. The Morgan fingerprint density at radius 3 is 2.81 bits per heavy atom. The summed E-state index contributed by atoms with van der Waals surface area (Å²) in [6, 6.07) is 4.71. The number of thiophene rings is 1. The monoisotopic (exact) mass is 330 g/mol. The van der Waals surface area contributed by atoms with Gasteiger partial charge in [0.15, 0.2) is 0 Å². The Morgan fingerprint density at radius 2 is 2.19 bits per heavy atom. The summed E-state index contributed by atoms with van der Waals surface area (Å²) in [5.74, 6) is 0.357. The van der Waals surface area contributed by atoms with E-state index < -0.39 is 0 Å². The summed E-state index contributed by atoms with van der Waals surface area (Å²) in [5.41, 5.74) is 0. The molecule has 1 N–H and O–H groups in total. The number of hydrogen-bond donors (Lipinski definition) is 1. The molecular formula is C16H27ClN2OS. The van der Waals surface area contributed by atoms with E-state index in [1.165, 1.54) is 4.88 Å². The van der Waals surface area contributed by atoms with Gasteiger partial charge >= 0.3 is 0 Å². The molecule has 1 fully saturated rings. The number of piperidine rings is 1. The number of carbonyl (C=O) groups is 1. The molecule has 1 aliphatic rings. The van der Waals surface area contributed by atoms with E-state index in [1.54, 1.807) is 11.3 Å². The van der Waals surface area contributed by atoms with Gasteiger partial charge in [-0.15, -0.1) is 23.7 Å². The lowest BCUT2D eigenvalue weighted by molar-refractivity contribution is -0.134. The number of nitrogens with zero attached hydrogens (tertiary/aromatic N) is 1. The first-order chi connectivity index (χ1) is 9.81. The molecule has 2 rings (SSSR count). The van der Waals surface area contributed by atoms with Crippen molar-refractivity contribution in [2.45, 2.75) is 51.5 Å². The molecule has 3 nitrogen and oxygen atoms in total. The van der Waals surface area contributed by atoms with Crippen molar-refractivity contribution >= 4 is 29.7 Å². The van der Waals surface area contributed by atoms with E-state index >= 15 is 0 Å². The second-order valence-electron chi connectivity index (χ2n) is 5.50. The van der Waals surface area contributed by atoms with Crippen LogP contribution in [0.3, 0.4) is 0 Å². The van der Waals surface area contributed by atoms with Crippen LogP contribution in [0.5, 0.6) is 0 Å². The molecule has 0 bridgehead atoms. The van der Waals surface area contributed by atoms with E-state index in [-0.39, 0.29) is 12.4 Å². The smallest absolute Gasteiger partial charge is 0.222 e. The van der Waals surface area contributed by atoms with Crippen molar-refractivity contribution in [2.75, 3.05) is 19.6 Å². The number of amides is 1. The van der Waals surface area contributed by atoms with Gasteiger partial charge in [-0.1, -0.05) is 13.0 Å². The van der Waals surface area contributed by atoms with E-state index in [9.17, 15) is 4.79 Å². The Balaban J connectivity index is 0.00000220. The lowest BCUT2D eigenvalue weighted by Gasteiger charge is -2.34. The van der Waals surface area contributed by atoms with Crippen LogP contribution in [-0.2, 0) is 11.2 Å². The molecule has 1 aromatic rings. The molecule has 0 unspecified atom stereocenters. The zero-order valence-corrected chi connectivity index (χ0v) is 14.5. The third kappa shape index (κ3) is 5.97. The predicted octanol–water partition coefficient (Wildman–Crippen LogP) is 3.48. The maximum Gasteiger partial charge on any atom is 0.222 e. The summed E-state index contributed by atoms with van der Waals surface area (Å²) >= 11 is 1.79. The lowest BCUT2D eigenvalue weighted by Crippen LogP contribution is -2.46. The van der Waals surface area contributed by atoms with Crippen LogP contribution in [0.4, 0.5) is 0 Å². The highest BCUT2D eigenvalue weighted by molar-refractivity contribution is 7.09. The van der Waals surface area contributed by atoms with Crippen LogP contribution in [0.2, 0.25) is 0 Å². The number of nitrogens with one attached hydrogen (secondary N) is 1. The molecule has 1 aromatic heterocycles. The van der Waals surface area contributed by atoms with Crippen LogP contribution in [0.1, 0.15) is 43.9 Å². The molecule has 21 heavy (non-hydrogen) atoms. The average molecular weight is 331 g/mol. The van der Waals surface area contributed by atoms with E-state index in [0.29, 0.717) is 18.4 Å². The highest BCUT2D eigenvalue weighted by atomic mass is 35.5. The molecule has 5 heteroatoms. The summed E-state index contributed by atoms with van der Waals surface area (Å²) in [6.45, 7) is 5.18. The van der Waals surface area contributed by atoms with Gasteiger partial charge in [-0.2, -0.15) is 0 Å². The molecule has 0 atom stereocenters. The first kappa shape index (κ1) is 18.5. The largest absolute Gasteiger partial charge is 0.340 e. The molecule has 2 heterocycles. The zero-order chi connectivity index (χ0) is 14.2. The minimum atomic E-state index is 0. The second kappa shape index (κ2) is 10.2. The number of hydrogen-bond acceptors (Lipinski definition) is 3. The van der Waals surface area contributed by atoms with Crippen LogP contribution in [0.15, 0.2) is 17.5 Å². The normalized spacial score (nSPS) is 15.5. The van der Waals surface area contributed by atoms with Crippen LogP contribution >= 0.6 is 23.7 Å². The van der Waals surface area contributed by atoms with Gasteiger partial charge < -0.3 is 10.2 Å². The van der Waals surface area contributed by atoms with Gasteiger partial charge in [0, 0.05) is 23.9 Å². The fourth-order valence-corrected chi connectivity index (χ4v) is 3.63. The van der Waals surface area contributed by atoms with Crippen LogP contribution in [-0.4, -0.2) is 36.5 Å². The average Bonchev–Trinajstić information content (AvgIpc) is 2.99. The summed E-state index contributed by atoms with van der Waals surface area (Å²) < 4.78 is 0. The molecule has 1 amide bonds. The van der Waals surface area contributed by atoms with Crippen molar-refractivity contribution in [1.82, 2.24) is 10.2 Å². The van der Waals surface area contributed by atoms with Gasteiger partial charge in [-0.3, -0.25) is 4.79 Å². The van der Waals surface area contributed by atoms with E-state index in [1.807, 2.05) is 0 Å². The Hall–Kier alpha value is -0.580. The highest BCUT2D eigenvalue weighted by Crippen LogP contribution is 2.16. The second-order valence-corrected chi connectivity index (χ2v) is 6.53. The minimum absolute atomic E-state index is 0. The molecule has 120 valence electrons. The molecule has 0 saturated carbocycles. The Labute approximate surface area is 138 Å². The summed E-state index contributed by atoms with van der Waals surface area (Å²) in [6.07, 6.45) is 5.98. The molecule has 0 aliphatic carbocycles. The van der Waals surface area contributed by atoms with Crippen molar-refractivity contribution in [3.8, 4) is 0 Å². The lowest BCUT2D eigenvalue weighted by atomic mass is 10.0. The van der Waals surface area contributed by atoms with E-state index in [0.717, 1.165) is 51.7 Å². The molecule has 0 aromatic carbocycles. The van der Waals surface area contributed by atoms with Gasteiger partial charge in [-0.25, -0.2) is 0 Å². The molecule has 1 saturated heterocycles. The summed E-state index contributed by atoms with van der Waals surface area (Å²) in [7, 11) is 0. The molecule has 0 radical (unpaired) electrons. The van der Waals surface area contributed by atoms with Gasteiger partial charge in [0.2, 0.25) is 5.91 Å². The van der Waals surface area contributed by atoms with Gasteiger partial charge in [0.25, 0.3) is 0 Å². The van der Waals surface area contributed by atoms with E-state index in [2.05, 4.69) is 34.7 Å². The van der Waals surface area contributed by atoms with Crippen LogP contribution < -0.4 is 5.32 Å². The number of carbonyl (C=O) groups excluding carboxylic acids is 1. The molecular weight excluding hydrogens is 304 g/mol. The van der Waals surface area contributed by atoms with Crippen molar-refractivity contribution in [2.24, 2.45) is 0 Å². The van der Waals surface area contributed by atoms with Crippen molar-refractivity contribution in [3.63, 3.8) is 0 Å². The third-order valence-electron chi connectivity index (χ3n) is 3.93. The summed E-state index contributed by atoms with van der Waals surface area (Å²) in [5, 5.41) is 5.48. The summed E-state index contributed by atoms with van der Waals surface area (Å²) in [4.78, 5) is 16.0. The number of rotatable bonds is 7. The topological polar surface area (TPSA) is 32.3 Å². The van der Waals surface area contributed by atoms with Crippen molar-refractivity contribution in [3.05, 3.63) is 22.4 Å². The molecule has 0 spiro atoms. The first-order valence-electron chi connectivity index (χ1n) is 7.84. The van der Waals surface area contributed by atoms with Gasteiger partial charge in [-0.05, 0) is 56.6 Å². The SMILES string of the molecule is CCCN(C(=O)CCCc1cccs1)C1CCNCC1.Cl. The number of halogens is 1. The van der Waals surface area contributed by atoms with Crippen LogP contribution in [0, 0.1) is 0 Å². The van der Waals surface area contributed by atoms with Crippen molar-refractivity contribution < 1.29 is 4.79 Å². The standard InChI is InChI=1S/C16H26N2OS.ClH/c1-2-12-18(14-8-10-17-11-9-14)16(19)7-3-5-15-6-4-13-20-15;/h4,6,13-14,17H,2-3,5,7-12H2,1H3;1H. The maximum absolute atomic E-state index is 12.5. The number of aryl methyl sites for hydroxylation is 1. The Bertz CT molecular complexity index is 391. The van der Waals surface area contributed by atoms with Gasteiger partial charge in [0.05, 0.1) is 0 Å². The predicted molar refractivity (Wildman–Crippen MR) is 92.4 cm³/mol. The first-order valence-corrected chi connectivity index (χ1v) is 8.71. The fourth-order valence-electron chi connectivity index (χ4n) is 2.88. The minimum Gasteiger partial charge on any atom is -0.340 e. The Morgan fingerprint density at radius 1 is 1.43 bits per heavy atom. The molecule has 1 aliphatic heterocycles. The maximum atomic E-state index is 12.5. The van der Waals surface area contributed by atoms with Crippen molar-refractivity contribution in [1.29, 1.82) is 0 Å². The quantitative estimate of drug-likeness (QED) is 0.830. The van der Waals surface area contributed by atoms with Crippen LogP contribution in [0.25, 0.3) is 0 Å².